The summed E-state index contributed by atoms with van der Waals surface area (Å²) < 4.78 is 46.0. The van der Waals surface area contributed by atoms with Crippen molar-refractivity contribution in [1.82, 2.24) is 9.80 Å². The molecule has 1 aliphatic rings. The van der Waals surface area contributed by atoms with Crippen LogP contribution >= 0.6 is 0 Å². The summed E-state index contributed by atoms with van der Waals surface area (Å²) in [5.41, 5.74) is 2.05. The number of piperidine rings is 1. The molecule has 3 rings (SSSR count). The number of alkyl halides is 3. The van der Waals surface area contributed by atoms with Crippen LogP contribution in [0, 0.1) is 0 Å². The lowest BCUT2D eigenvalue weighted by molar-refractivity contribution is -0.137. The van der Waals surface area contributed by atoms with Crippen molar-refractivity contribution in [1.29, 1.82) is 0 Å². The minimum Gasteiger partial charge on any atom is -0.444 e. The average molecular weight is 517 g/mol. The highest BCUT2D eigenvalue weighted by Gasteiger charge is 2.31. The topological polar surface area (TPSA) is 49.9 Å². The molecule has 0 aromatic heterocycles. The molecule has 0 bridgehead atoms. The lowest BCUT2D eigenvalue weighted by atomic mass is 9.87. The number of carbonyl (C=O) groups excluding carboxylic acids is 2. The van der Waals surface area contributed by atoms with Crippen molar-refractivity contribution >= 4 is 17.6 Å². The number of hydrogen-bond acceptors (Lipinski definition) is 3. The Morgan fingerprint density at radius 2 is 1.46 bits per heavy atom. The SMILES string of the molecule is CCN(CC)C(=O)c1ccc(C(=C2CCN(C(=O)OC(C)(C)C)CC2)c2cccc(C(F)(F)F)c2)cc1. The van der Waals surface area contributed by atoms with E-state index < -0.39 is 23.4 Å². The van der Waals surface area contributed by atoms with E-state index in [0.717, 1.165) is 23.3 Å². The largest absolute Gasteiger partial charge is 0.444 e. The molecule has 200 valence electrons. The number of carbonyl (C=O) groups is 2. The first-order valence-corrected chi connectivity index (χ1v) is 12.6. The number of likely N-dealkylation sites (tertiary alicyclic amines) is 1. The van der Waals surface area contributed by atoms with E-state index in [2.05, 4.69) is 0 Å². The molecule has 2 aromatic carbocycles. The van der Waals surface area contributed by atoms with Crippen LogP contribution in [0.3, 0.4) is 0 Å². The van der Waals surface area contributed by atoms with E-state index in [-0.39, 0.29) is 5.91 Å². The van der Waals surface area contributed by atoms with Gasteiger partial charge >= 0.3 is 12.3 Å². The Morgan fingerprint density at radius 3 is 1.97 bits per heavy atom. The van der Waals surface area contributed by atoms with Gasteiger partial charge in [-0.3, -0.25) is 4.79 Å². The third kappa shape index (κ3) is 7.14. The van der Waals surface area contributed by atoms with E-state index in [0.29, 0.717) is 55.7 Å². The van der Waals surface area contributed by atoms with Crippen molar-refractivity contribution in [2.75, 3.05) is 26.2 Å². The quantitative estimate of drug-likeness (QED) is 0.429. The number of amides is 2. The van der Waals surface area contributed by atoms with Crippen molar-refractivity contribution in [2.45, 2.75) is 59.2 Å². The molecular weight excluding hydrogens is 481 g/mol. The summed E-state index contributed by atoms with van der Waals surface area (Å²) in [5.74, 6) is -0.0875. The number of halogens is 3. The summed E-state index contributed by atoms with van der Waals surface area (Å²) in [6.07, 6.45) is -3.85. The molecule has 2 amide bonds. The van der Waals surface area contributed by atoms with Crippen LogP contribution in [0.25, 0.3) is 5.57 Å². The summed E-state index contributed by atoms with van der Waals surface area (Å²) in [6, 6.07) is 12.3. The fourth-order valence-corrected chi connectivity index (χ4v) is 4.43. The highest BCUT2D eigenvalue weighted by molar-refractivity contribution is 5.95. The van der Waals surface area contributed by atoms with Gasteiger partial charge in [-0.25, -0.2) is 4.79 Å². The fraction of sp³-hybridized carbons (Fsp3) is 0.448. The first-order valence-electron chi connectivity index (χ1n) is 12.6. The number of ether oxygens (including phenoxy) is 1. The van der Waals surface area contributed by atoms with Crippen molar-refractivity contribution < 1.29 is 27.5 Å². The van der Waals surface area contributed by atoms with Crippen LogP contribution in [0.1, 0.15) is 74.5 Å². The van der Waals surface area contributed by atoms with Crippen LogP contribution in [0.2, 0.25) is 0 Å². The molecule has 2 aromatic rings. The van der Waals surface area contributed by atoms with E-state index in [1.165, 1.54) is 6.07 Å². The van der Waals surface area contributed by atoms with E-state index in [4.69, 9.17) is 4.74 Å². The maximum absolute atomic E-state index is 13.5. The molecule has 5 nitrogen and oxygen atoms in total. The third-order valence-corrected chi connectivity index (χ3v) is 6.32. The maximum atomic E-state index is 13.5. The predicted octanol–water partition coefficient (Wildman–Crippen LogP) is 7.02. The Kier molecular flexibility index (Phi) is 8.72. The number of nitrogens with zero attached hydrogens (tertiary/aromatic N) is 2. The minimum absolute atomic E-state index is 0.0875. The van der Waals surface area contributed by atoms with Crippen LogP contribution in [0.5, 0.6) is 0 Å². The fourth-order valence-electron chi connectivity index (χ4n) is 4.43. The summed E-state index contributed by atoms with van der Waals surface area (Å²) in [5, 5.41) is 0. The molecule has 0 N–H and O–H groups in total. The van der Waals surface area contributed by atoms with Gasteiger partial charge in [0, 0.05) is 31.7 Å². The van der Waals surface area contributed by atoms with Crippen molar-refractivity contribution in [3.8, 4) is 0 Å². The third-order valence-electron chi connectivity index (χ3n) is 6.32. The molecule has 0 aliphatic carbocycles. The van der Waals surface area contributed by atoms with Gasteiger partial charge in [-0.05, 0) is 88.4 Å². The Hall–Kier alpha value is -3.29. The summed E-state index contributed by atoms with van der Waals surface area (Å²) in [7, 11) is 0. The molecule has 1 heterocycles. The second-order valence-electron chi connectivity index (χ2n) is 10.1. The van der Waals surface area contributed by atoms with Crippen molar-refractivity contribution in [3.63, 3.8) is 0 Å². The monoisotopic (exact) mass is 516 g/mol. The summed E-state index contributed by atoms with van der Waals surface area (Å²) in [4.78, 5) is 28.6. The zero-order valence-corrected chi connectivity index (χ0v) is 22.1. The molecule has 0 unspecified atom stereocenters. The Bertz CT molecular complexity index is 1130. The second kappa shape index (κ2) is 11.4. The lowest BCUT2D eigenvalue weighted by Crippen LogP contribution is -2.40. The summed E-state index contributed by atoms with van der Waals surface area (Å²) >= 11 is 0. The van der Waals surface area contributed by atoms with Crippen LogP contribution < -0.4 is 0 Å². The zero-order chi connectivity index (χ0) is 27.4. The lowest BCUT2D eigenvalue weighted by Gasteiger charge is -2.32. The molecule has 37 heavy (non-hydrogen) atoms. The maximum Gasteiger partial charge on any atom is 0.416 e. The first kappa shape index (κ1) is 28.3. The van der Waals surface area contributed by atoms with Crippen molar-refractivity contribution in [3.05, 3.63) is 76.4 Å². The molecular formula is C29H35F3N2O3. The van der Waals surface area contributed by atoms with E-state index in [1.54, 1.807) is 60.9 Å². The summed E-state index contributed by atoms with van der Waals surface area (Å²) in [6.45, 7) is 11.2. The standard InChI is InChI=1S/C29H35F3N2O3/c1-6-33(7-2)26(35)22-13-11-20(12-14-22)25(23-9-8-10-24(19-23)29(30,31)32)21-15-17-34(18-16-21)27(36)37-28(3,4)5/h8-14,19H,6-7,15-18H2,1-5H3. The molecule has 1 saturated heterocycles. The van der Waals surface area contributed by atoms with Crippen molar-refractivity contribution in [2.24, 2.45) is 0 Å². The van der Waals surface area contributed by atoms with Gasteiger partial charge in [0.25, 0.3) is 5.91 Å². The number of hydrogen-bond donors (Lipinski definition) is 0. The molecule has 0 spiro atoms. The van der Waals surface area contributed by atoms with Crippen LogP contribution in [0.15, 0.2) is 54.1 Å². The number of rotatable bonds is 5. The normalized spacial score (nSPS) is 14.4. The van der Waals surface area contributed by atoms with Gasteiger partial charge in [0.2, 0.25) is 0 Å². The Morgan fingerprint density at radius 1 is 0.892 bits per heavy atom. The van der Waals surface area contributed by atoms with Gasteiger partial charge in [-0.1, -0.05) is 29.8 Å². The van der Waals surface area contributed by atoms with Crippen LogP contribution in [0.4, 0.5) is 18.0 Å². The van der Waals surface area contributed by atoms with Gasteiger partial charge in [0.1, 0.15) is 5.60 Å². The molecule has 1 aliphatic heterocycles. The van der Waals surface area contributed by atoms with Crippen LogP contribution in [-0.2, 0) is 10.9 Å². The number of benzene rings is 2. The molecule has 0 radical (unpaired) electrons. The predicted molar refractivity (Wildman–Crippen MR) is 138 cm³/mol. The van der Waals surface area contributed by atoms with E-state index in [9.17, 15) is 22.8 Å². The molecule has 0 atom stereocenters. The smallest absolute Gasteiger partial charge is 0.416 e. The molecule has 1 fully saturated rings. The van der Waals surface area contributed by atoms with Gasteiger partial charge in [0.15, 0.2) is 0 Å². The average Bonchev–Trinajstić information content (AvgIpc) is 2.84. The van der Waals surface area contributed by atoms with Gasteiger partial charge < -0.3 is 14.5 Å². The second-order valence-corrected chi connectivity index (χ2v) is 10.1. The minimum atomic E-state index is -4.47. The zero-order valence-electron chi connectivity index (χ0n) is 22.1. The Labute approximate surface area is 216 Å². The van der Waals surface area contributed by atoms with Gasteiger partial charge in [-0.2, -0.15) is 13.2 Å². The Balaban J connectivity index is 1.99. The van der Waals surface area contributed by atoms with E-state index in [1.807, 2.05) is 13.8 Å². The van der Waals surface area contributed by atoms with E-state index >= 15 is 0 Å². The first-order chi connectivity index (χ1) is 17.3. The van der Waals surface area contributed by atoms with Crippen LogP contribution in [-0.4, -0.2) is 53.6 Å². The molecule has 8 heteroatoms. The highest BCUT2D eigenvalue weighted by Crippen LogP contribution is 2.36. The van der Waals surface area contributed by atoms with Gasteiger partial charge in [-0.15, -0.1) is 0 Å². The highest BCUT2D eigenvalue weighted by atomic mass is 19.4. The molecule has 0 saturated carbocycles. The van der Waals surface area contributed by atoms with Gasteiger partial charge in [0.05, 0.1) is 5.56 Å².